The number of aromatic nitrogens is 3. The summed E-state index contributed by atoms with van der Waals surface area (Å²) in [5.74, 6) is 2.58. The van der Waals surface area contributed by atoms with Crippen LogP contribution in [-0.4, -0.2) is 40.9 Å². The second-order valence-corrected chi connectivity index (χ2v) is 5.58. The number of hydrogen-bond acceptors (Lipinski definition) is 5. The largest absolute Gasteiger partial charge is 0.354 e. The molecule has 6 heteroatoms. The lowest BCUT2D eigenvalue weighted by atomic mass is 9.89. The van der Waals surface area contributed by atoms with Crippen molar-refractivity contribution < 1.29 is 0 Å². The van der Waals surface area contributed by atoms with Crippen LogP contribution in [0.25, 0.3) is 0 Å². The van der Waals surface area contributed by atoms with Crippen molar-refractivity contribution in [2.75, 3.05) is 31.5 Å². The molecule has 2 aliphatic rings. The summed E-state index contributed by atoms with van der Waals surface area (Å²) in [5.41, 5.74) is 5.56. The van der Waals surface area contributed by atoms with Crippen LogP contribution in [-0.2, 0) is 6.42 Å². The van der Waals surface area contributed by atoms with Crippen LogP contribution in [0.4, 0.5) is 5.95 Å². The van der Waals surface area contributed by atoms with Gasteiger partial charge in [0.15, 0.2) is 5.82 Å². The van der Waals surface area contributed by atoms with Gasteiger partial charge in [0.2, 0.25) is 5.95 Å². The summed E-state index contributed by atoms with van der Waals surface area (Å²) in [5, 5.41) is 11.6. The molecule has 0 amide bonds. The third-order valence-electron chi connectivity index (χ3n) is 4.20. The first-order valence-electron chi connectivity index (χ1n) is 7.48. The number of aryl methyl sites for hydroxylation is 1. The first-order valence-corrected chi connectivity index (χ1v) is 7.48. The second-order valence-electron chi connectivity index (χ2n) is 5.58. The zero-order valence-corrected chi connectivity index (χ0v) is 11.4. The fraction of sp³-hybridized carbons (Fsp3) is 0.846. The van der Waals surface area contributed by atoms with Gasteiger partial charge >= 0.3 is 0 Å². The molecule has 2 aliphatic heterocycles. The molecule has 106 valence electrons. The number of fused-ring (bicyclic) bond motifs is 1. The van der Waals surface area contributed by atoms with E-state index in [-0.39, 0.29) is 0 Å². The number of hydrogen-bond donors (Lipinski definition) is 3. The minimum atomic E-state index is 0.503. The van der Waals surface area contributed by atoms with Gasteiger partial charge in [-0.05, 0) is 51.2 Å². The molecule has 4 N–H and O–H groups in total. The molecule has 19 heavy (non-hydrogen) atoms. The molecule has 1 aromatic rings. The Morgan fingerprint density at radius 2 is 2.26 bits per heavy atom. The van der Waals surface area contributed by atoms with Crippen molar-refractivity contribution in [1.82, 2.24) is 20.1 Å². The summed E-state index contributed by atoms with van der Waals surface area (Å²) < 4.78 is 2.13. The normalized spacial score (nSPS) is 26.8. The molecule has 0 radical (unpaired) electrons. The Bertz CT molecular complexity index is 409. The quantitative estimate of drug-likeness (QED) is 0.739. The first-order chi connectivity index (χ1) is 9.38. The van der Waals surface area contributed by atoms with E-state index in [0.29, 0.717) is 18.5 Å². The van der Waals surface area contributed by atoms with E-state index in [0.717, 1.165) is 50.7 Å². The Morgan fingerprint density at radius 3 is 3.05 bits per heavy atom. The summed E-state index contributed by atoms with van der Waals surface area (Å²) >= 11 is 0. The number of nitrogens with two attached hydrogens (primary N) is 1. The van der Waals surface area contributed by atoms with Crippen molar-refractivity contribution in [2.24, 2.45) is 11.7 Å². The Morgan fingerprint density at radius 1 is 1.32 bits per heavy atom. The highest BCUT2D eigenvalue weighted by Crippen LogP contribution is 2.32. The summed E-state index contributed by atoms with van der Waals surface area (Å²) in [6.07, 6.45) is 5.57. The van der Waals surface area contributed by atoms with E-state index in [9.17, 15) is 0 Å². The van der Waals surface area contributed by atoms with E-state index in [1.54, 1.807) is 0 Å². The molecule has 1 aromatic heterocycles. The van der Waals surface area contributed by atoms with Crippen LogP contribution in [0.2, 0.25) is 0 Å². The monoisotopic (exact) mass is 264 g/mol. The van der Waals surface area contributed by atoms with E-state index in [1.807, 2.05) is 0 Å². The number of piperidine rings is 1. The van der Waals surface area contributed by atoms with E-state index in [1.165, 1.54) is 12.8 Å². The Kier molecular flexibility index (Phi) is 3.98. The molecule has 3 rings (SSSR count). The van der Waals surface area contributed by atoms with Gasteiger partial charge in [0.25, 0.3) is 0 Å². The molecular formula is C13H24N6. The standard InChI is InChI=1S/C13H24N6/c14-6-1-4-12-17-13-16-8-5-11(19(13)18-12)10-3-2-7-15-9-10/h10-11,15H,1-9,14H2,(H,16,17,18). The highest BCUT2D eigenvalue weighted by molar-refractivity contribution is 5.28. The molecule has 0 spiro atoms. The Labute approximate surface area is 114 Å². The summed E-state index contributed by atoms with van der Waals surface area (Å²) in [6, 6.07) is 0.503. The zero-order valence-electron chi connectivity index (χ0n) is 11.4. The van der Waals surface area contributed by atoms with Crippen LogP contribution in [0.1, 0.15) is 37.5 Å². The lowest BCUT2D eigenvalue weighted by Crippen LogP contribution is -2.38. The summed E-state index contributed by atoms with van der Waals surface area (Å²) in [4.78, 5) is 4.60. The molecule has 0 bridgehead atoms. The van der Waals surface area contributed by atoms with Crippen LogP contribution in [0, 0.1) is 5.92 Å². The van der Waals surface area contributed by atoms with Gasteiger partial charge in [-0.1, -0.05) is 0 Å². The van der Waals surface area contributed by atoms with Crippen molar-refractivity contribution in [3.63, 3.8) is 0 Å². The molecule has 3 heterocycles. The van der Waals surface area contributed by atoms with Gasteiger partial charge in [0, 0.05) is 13.0 Å². The maximum atomic E-state index is 5.56. The van der Waals surface area contributed by atoms with Crippen LogP contribution < -0.4 is 16.4 Å². The second kappa shape index (κ2) is 5.88. The Balaban J connectivity index is 1.76. The van der Waals surface area contributed by atoms with Crippen molar-refractivity contribution >= 4 is 5.95 Å². The molecule has 0 saturated carbocycles. The number of rotatable bonds is 4. The predicted molar refractivity (Wildman–Crippen MR) is 75.1 cm³/mol. The molecule has 1 fully saturated rings. The minimum absolute atomic E-state index is 0.503. The lowest BCUT2D eigenvalue weighted by molar-refractivity contribution is 0.234. The van der Waals surface area contributed by atoms with Gasteiger partial charge in [-0.25, -0.2) is 4.68 Å². The van der Waals surface area contributed by atoms with Crippen LogP contribution in [0.15, 0.2) is 0 Å². The van der Waals surface area contributed by atoms with Gasteiger partial charge < -0.3 is 16.4 Å². The summed E-state index contributed by atoms with van der Waals surface area (Å²) in [6.45, 7) is 3.99. The van der Waals surface area contributed by atoms with Crippen molar-refractivity contribution in [3.8, 4) is 0 Å². The highest BCUT2D eigenvalue weighted by atomic mass is 15.4. The maximum absolute atomic E-state index is 5.56. The first kappa shape index (κ1) is 12.9. The average Bonchev–Trinajstić information content (AvgIpc) is 2.88. The zero-order chi connectivity index (χ0) is 13.1. The number of nitrogens with one attached hydrogen (secondary N) is 2. The van der Waals surface area contributed by atoms with E-state index < -0.39 is 0 Å². The fourth-order valence-corrected chi connectivity index (χ4v) is 3.18. The highest BCUT2D eigenvalue weighted by Gasteiger charge is 2.30. The molecular weight excluding hydrogens is 240 g/mol. The topological polar surface area (TPSA) is 80.8 Å². The fourth-order valence-electron chi connectivity index (χ4n) is 3.18. The SMILES string of the molecule is NCCCc1nc2n(n1)C(C1CCCNC1)CCN2. The van der Waals surface area contributed by atoms with E-state index >= 15 is 0 Å². The van der Waals surface area contributed by atoms with E-state index in [4.69, 9.17) is 10.8 Å². The average molecular weight is 264 g/mol. The van der Waals surface area contributed by atoms with Crippen molar-refractivity contribution in [3.05, 3.63) is 5.82 Å². The van der Waals surface area contributed by atoms with Crippen LogP contribution >= 0.6 is 0 Å². The van der Waals surface area contributed by atoms with Crippen molar-refractivity contribution in [1.29, 1.82) is 0 Å². The molecule has 0 aliphatic carbocycles. The van der Waals surface area contributed by atoms with Gasteiger partial charge in [0.1, 0.15) is 0 Å². The Hall–Kier alpha value is -1.14. The molecule has 0 aromatic carbocycles. The van der Waals surface area contributed by atoms with Crippen LogP contribution in [0.3, 0.4) is 0 Å². The van der Waals surface area contributed by atoms with Crippen LogP contribution in [0.5, 0.6) is 0 Å². The third kappa shape index (κ3) is 2.74. The smallest absolute Gasteiger partial charge is 0.221 e. The number of anilines is 1. The maximum Gasteiger partial charge on any atom is 0.221 e. The lowest BCUT2D eigenvalue weighted by Gasteiger charge is -2.34. The minimum Gasteiger partial charge on any atom is -0.354 e. The molecule has 2 atom stereocenters. The predicted octanol–water partition coefficient (Wildman–Crippen LogP) is 0.526. The molecule has 6 nitrogen and oxygen atoms in total. The van der Waals surface area contributed by atoms with Gasteiger partial charge in [-0.15, -0.1) is 0 Å². The third-order valence-corrected chi connectivity index (χ3v) is 4.20. The summed E-state index contributed by atoms with van der Waals surface area (Å²) in [7, 11) is 0. The molecule has 2 unspecified atom stereocenters. The van der Waals surface area contributed by atoms with Gasteiger partial charge in [0.05, 0.1) is 6.04 Å². The van der Waals surface area contributed by atoms with Gasteiger partial charge in [-0.2, -0.15) is 10.1 Å². The van der Waals surface area contributed by atoms with Gasteiger partial charge in [-0.3, -0.25) is 0 Å². The number of nitrogens with zero attached hydrogens (tertiary/aromatic N) is 3. The van der Waals surface area contributed by atoms with Crippen molar-refractivity contribution in [2.45, 2.75) is 38.1 Å². The molecule has 1 saturated heterocycles. The van der Waals surface area contributed by atoms with E-state index in [2.05, 4.69) is 20.3 Å².